The maximum absolute atomic E-state index is 12.3. The molecule has 0 unspecified atom stereocenters. The van der Waals surface area contributed by atoms with Crippen molar-refractivity contribution in [1.29, 1.82) is 5.26 Å². The summed E-state index contributed by atoms with van der Waals surface area (Å²) in [5.41, 5.74) is 2.52. The molecule has 0 saturated carbocycles. The van der Waals surface area contributed by atoms with Crippen molar-refractivity contribution < 1.29 is 4.79 Å². The Bertz CT molecular complexity index is 559. The van der Waals surface area contributed by atoms with Gasteiger partial charge < -0.3 is 4.90 Å². The van der Waals surface area contributed by atoms with Gasteiger partial charge in [0.15, 0.2) is 0 Å². The van der Waals surface area contributed by atoms with Crippen LogP contribution in [0.2, 0.25) is 0 Å². The maximum Gasteiger partial charge on any atom is 0.239 e. The molecule has 120 valence electrons. The minimum absolute atomic E-state index is 0.0326. The Balaban J connectivity index is 2.01. The molecule has 0 aliphatic heterocycles. The van der Waals surface area contributed by atoms with E-state index < -0.39 is 0 Å². The van der Waals surface area contributed by atoms with Gasteiger partial charge in [-0.05, 0) is 33.1 Å². The third-order valence-electron chi connectivity index (χ3n) is 4.32. The minimum Gasteiger partial charge on any atom is -0.343 e. The normalized spacial score (nSPS) is 18.4. The molecule has 0 radical (unpaired) electrons. The highest BCUT2D eigenvalue weighted by atomic mass is 16.2. The SMILES string of the molecule is CCn1ncc2c1CCC[C@@H]2N[C@H](C)C(=O)N(C)CCC#N. The summed E-state index contributed by atoms with van der Waals surface area (Å²) in [6.07, 6.45) is 5.51. The molecule has 0 fully saturated rings. The van der Waals surface area contributed by atoms with Crippen molar-refractivity contribution in [3.8, 4) is 6.07 Å². The van der Waals surface area contributed by atoms with Crippen LogP contribution in [0.15, 0.2) is 6.20 Å². The molecule has 1 aromatic rings. The molecular weight excluding hydrogens is 278 g/mol. The molecule has 22 heavy (non-hydrogen) atoms. The third kappa shape index (κ3) is 3.47. The Kier molecular flexibility index (Phi) is 5.56. The number of nitrogens with one attached hydrogen (secondary N) is 1. The zero-order chi connectivity index (χ0) is 16.1. The molecule has 6 nitrogen and oxygen atoms in total. The van der Waals surface area contributed by atoms with Crippen molar-refractivity contribution in [3.05, 3.63) is 17.5 Å². The van der Waals surface area contributed by atoms with Gasteiger partial charge in [0.25, 0.3) is 0 Å². The monoisotopic (exact) mass is 303 g/mol. The van der Waals surface area contributed by atoms with Gasteiger partial charge in [0.1, 0.15) is 0 Å². The van der Waals surface area contributed by atoms with Gasteiger partial charge in [-0.15, -0.1) is 0 Å². The molecule has 1 aliphatic rings. The van der Waals surface area contributed by atoms with Crippen molar-refractivity contribution in [3.63, 3.8) is 0 Å². The van der Waals surface area contributed by atoms with Crippen molar-refractivity contribution >= 4 is 5.91 Å². The Labute approximate surface area is 132 Å². The Morgan fingerprint density at radius 1 is 1.68 bits per heavy atom. The first kappa shape index (κ1) is 16.5. The van der Waals surface area contributed by atoms with E-state index in [1.807, 2.05) is 13.1 Å². The van der Waals surface area contributed by atoms with E-state index in [0.717, 1.165) is 25.8 Å². The van der Waals surface area contributed by atoms with Crippen LogP contribution in [0.3, 0.4) is 0 Å². The second-order valence-corrected chi connectivity index (χ2v) is 5.86. The number of aryl methyl sites for hydroxylation is 1. The lowest BCUT2D eigenvalue weighted by atomic mass is 9.92. The van der Waals surface area contributed by atoms with E-state index in [1.165, 1.54) is 11.3 Å². The molecular formula is C16H25N5O. The van der Waals surface area contributed by atoms with Crippen LogP contribution in [0.25, 0.3) is 0 Å². The summed E-state index contributed by atoms with van der Waals surface area (Å²) in [5.74, 6) is 0.0326. The van der Waals surface area contributed by atoms with Crippen LogP contribution in [0, 0.1) is 11.3 Å². The summed E-state index contributed by atoms with van der Waals surface area (Å²) >= 11 is 0. The van der Waals surface area contributed by atoms with E-state index in [0.29, 0.717) is 13.0 Å². The number of nitrogens with zero attached hydrogens (tertiary/aromatic N) is 4. The van der Waals surface area contributed by atoms with Crippen molar-refractivity contribution in [2.75, 3.05) is 13.6 Å². The van der Waals surface area contributed by atoms with Crippen LogP contribution in [0.5, 0.6) is 0 Å². The number of hydrogen-bond acceptors (Lipinski definition) is 4. The average molecular weight is 303 g/mol. The number of hydrogen-bond donors (Lipinski definition) is 1. The van der Waals surface area contributed by atoms with E-state index >= 15 is 0 Å². The van der Waals surface area contributed by atoms with Crippen LogP contribution in [0.1, 0.15) is 50.4 Å². The fourth-order valence-corrected chi connectivity index (χ4v) is 3.10. The summed E-state index contributed by atoms with van der Waals surface area (Å²) in [5, 5.41) is 16.5. The highest BCUT2D eigenvalue weighted by Crippen LogP contribution is 2.30. The Morgan fingerprint density at radius 3 is 3.14 bits per heavy atom. The number of aromatic nitrogens is 2. The number of carbonyl (C=O) groups is 1. The topological polar surface area (TPSA) is 74.0 Å². The van der Waals surface area contributed by atoms with Crippen LogP contribution < -0.4 is 5.32 Å². The summed E-state index contributed by atoms with van der Waals surface area (Å²) < 4.78 is 2.05. The number of fused-ring (bicyclic) bond motifs is 1. The van der Waals surface area contributed by atoms with E-state index in [1.54, 1.807) is 11.9 Å². The second kappa shape index (κ2) is 7.41. The van der Waals surface area contributed by atoms with Gasteiger partial charge in [0.05, 0.1) is 24.7 Å². The molecule has 0 bridgehead atoms. The smallest absolute Gasteiger partial charge is 0.239 e. The zero-order valence-electron chi connectivity index (χ0n) is 13.7. The van der Waals surface area contributed by atoms with Gasteiger partial charge >= 0.3 is 0 Å². The van der Waals surface area contributed by atoms with Crippen molar-refractivity contribution in [2.24, 2.45) is 0 Å². The molecule has 1 amide bonds. The quantitative estimate of drug-likeness (QED) is 0.867. The van der Waals surface area contributed by atoms with Crippen molar-refractivity contribution in [1.82, 2.24) is 20.0 Å². The first-order valence-corrected chi connectivity index (χ1v) is 8.01. The number of likely N-dealkylation sites (N-methyl/N-ethyl adjacent to an activating group) is 1. The molecule has 2 rings (SSSR count). The Hall–Kier alpha value is -1.87. The largest absolute Gasteiger partial charge is 0.343 e. The molecule has 1 aromatic heterocycles. The maximum atomic E-state index is 12.3. The van der Waals surface area contributed by atoms with Gasteiger partial charge in [-0.25, -0.2) is 0 Å². The first-order valence-electron chi connectivity index (χ1n) is 8.01. The van der Waals surface area contributed by atoms with E-state index in [9.17, 15) is 4.79 Å². The lowest BCUT2D eigenvalue weighted by Crippen LogP contribution is -2.45. The van der Waals surface area contributed by atoms with Gasteiger partial charge in [0, 0.05) is 37.4 Å². The lowest BCUT2D eigenvalue weighted by Gasteiger charge is -2.29. The number of carbonyl (C=O) groups excluding carboxylic acids is 1. The van der Waals surface area contributed by atoms with Crippen LogP contribution in [-0.4, -0.2) is 40.2 Å². The standard InChI is InChI=1S/C16H25N5O/c1-4-21-15-8-5-7-14(13(15)11-18-21)19-12(2)16(22)20(3)10-6-9-17/h11-12,14,19H,4-8,10H2,1-3H3/t12-,14+/m1/s1. The Morgan fingerprint density at radius 2 is 2.45 bits per heavy atom. The highest BCUT2D eigenvalue weighted by molar-refractivity contribution is 5.81. The predicted molar refractivity (Wildman–Crippen MR) is 84.0 cm³/mol. The predicted octanol–water partition coefficient (Wildman–Crippen LogP) is 1.63. The number of nitriles is 1. The molecule has 0 spiro atoms. The van der Waals surface area contributed by atoms with E-state index in [4.69, 9.17) is 5.26 Å². The average Bonchev–Trinajstić information content (AvgIpc) is 2.95. The third-order valence-corrected chi connectivity index (χ3v) is 4.32. The molecule has 0 saturated heterocycles. The van der Waals surface area contributed by atoms with Gasteiger partial charge in [-0.1, -0.05) is 0 Å². The zero-order valence-corrected chi connectivity index (χ0v) is 13.7. The summed E-state index contributed by atoms with van der Waals surface area (Å²) in [7, 11) is 1.75. The summed E-state index contributed by atoms with van der Waals surface area (Å²) in [6.45, 7) is 5.35. The van der Waals surface area contributed by atoms with Gasteiger partial charge in [-0.2, -0.15) is 10.4 Å². The fraction of sp³-hybridized carbons (Fsp3) is 0.688. The van der Waals surface area contributed by atoms with Gasteiger partial charge in [-0.3, -0.25) is 14.8 Å². The second-order valence-electron chi connectivity index (χ2n) is 5.86. The van der Waals surface area contributed by atoms with E-state index in [2.05, 4.69) is 28.1 Å². The van der Waals surface area contributed by atoms with Crippen molar-refractivity contribution in [2.45, 2.75) is 58.2 Å². The molecule has 6 heteroatoms. The minimum atomic E-state index is -0.260. The first-order chi connectivity index (χ1) is 10.6. The van der Waals surface area contributed by atoms with E-state index in [-0.39, 0.29) is 18.0 Å². The fourth-order valence-electron chi connectivity index (χ4n) is 3.10. The van der Waals surface area contributed by atoms with Gasteiger partial charge in [0.2, 0.25) is 5.91 Å². The van der Waals surface area contributed by atoms with Crippen LogP contribution >= 0.6 is 0 Å². The van der Waals surface area contributed by atoms with Crippen LogP contribution in [-0.2, 0) is 17.8 Å². The highest BCUT2D eigenvalue weighted by Gasteiger charge is 2.27. The molecule has 1 heterocycles. The molecule has 2 atom stereocenters. The molecule has 0 aromatic carbocycles. The molecule has 1 N–H and O–H groups in total. The lowest BCUT2D eigenvalue weighted by molar-refractivity contribution is -0.131. The number of rotatable bonds is 6. The number of amides is 1. The summed E-state index contributed by atoms with van der Waals surface area (Å²) in [4.78, 5) is 14.0. The summed E-state index contributed by atoms with van der Waals surface area (Å²) in [6, 6.07) is 2.00. The van der Waals surface area contributed by atoms with Crippen LogP contribution in [0.4, 0.5) is 0 Å². The molecule has 1 aliphatic carbocycles.